The number of nitrogens with two attached hydrogens (primary N) is 1. The number of hydrogen-bond donors (Lipinski definition) is 7. The van der Waals surface area contributed by atoms with Crippen LogP contribution in [0.1, 0.15) is 12.0 Å². The number of halogens is 1. The van der Waals surface area contributed by atoms with Crippen molar-refractivity contribution in [2.75, 3.05) is 35.3 Å². The number of benzene rings is 5. The van der Waals surface area contributed by atoms with Crippen LogP contribution in [-0.2, 0) is 55.5 Å². The molecule has 342 valence electrons. The van der Waals surface area contributed by atoms with Crippen molar-refractivity contribution in [2.45, 2.75) is 22.6 Å². The zero-order chi connectivity index (χ0) is 47.2. The van der Waals surface area contributed by atoms with Gasteiger partial charge in [0.2, 0.25) is 17.2 Å². The van der Waals surface area contributed by atoms with Crippen molar-refractivity contribution in [3.05, 3.63) is 102 Å². The first-order valence-corrected chi connectivity index (χ1v) is 24.3. The van der Waals surface area contributed by atoms with Crippen molar-refractivity contribution in [3.63, 3.8) is 0 Å². The van der Waals surface area contributed by atoms with Crippen molar-refractivity contribution in [3.8, 4) is 5.75 Å². The fraction of sp³-hybridized carbons (Fsp3) is 0.139. The number of sulfone groups is 1. The number of fused-ring (bicyclic) bond motifs is 1. The summed E-state index contributed by atoms with van der Waals surface area (Å²) in [7, 11) is -18.3. The third-order valence-electron chi connectivity index (χ3n) is 8.60. The summed E-state index contributed by atoms with van der Waals surface area (Å²) in [5, 5.41) is 33.3. The van der Waals surface area contributed by atoms with Gasteiger partial charge in [-0.15, -0.1) is 10.2 Å². The first kappa shape index (κ1) is 48.1. The van der Waals surface area contributed by atoms with Crippen molar-refractivity contribution in [1.82, 2.24) is 15.0 Å². The average molecular weight is 993 g/mol. The van der Waals surface area contributed by atoms with Gasteiger partial charge >= 0.3 is 20.8 Å². The van der Waals surface area contributed by atoms with Crippen molar-refractivity contribution >= 4 is 115 Å². The third-order valence-corrected chi connectivity index (χ3v) is 12.3. The Bertz CT molecular complexity index is 3280. The standard InChI is InChI=1S/C36H33ClN10O14S4/c37-34-41-35(39-23-11-13-27(14-12-23)62(49,50)18-17-61-65(57,58)59)43-36(42-34)40-25-4-1-5-26(20-25)45-47-32-29(63(51,52)53)19-22-8-15-28(31(38)30(22)33(32)48)46-44-24-9-6-21(7-10-24)3-2-16-60-64(54,55)56/h1,4-15,19-20,48H,2-3,16-18,38H2,(H,51,52,53)(H,54,55,56)(H,57,58,59)(H2,39,40,41,42,43). The van der Waals surface area contributed by atoms with Gasteiger partial charge in [-0.05, 0) is 102 Å². The van der Waals surface area contributed by atoms with Crippen LogP contribution in [0.5, 0.6) is 5.75 Å². The molecule has 0 unspecified atom stereocenters. The minimum Gasteiger partial charge on any atom is -0.505 e. The fourth-order valence-electron chi connectivity index (χ4n) is 5.70. The summed E-state index contributed by atoms with van der Waals surface area (Å²) in [6.45, 7) is -1.00. The normalized spacial score (nSPS) is 12.6. The van der Waals surface area contributed by atoms with E-state index in [1.165, 1.54) is 48.5 Å². The summed E-state index contributed by atoms with van der Waals surface area (Å²) in [5.74, 6) is -1.60. The maximum absolute atomic E-state index is 12.5. The molecule has 65 heavy (non-hydrogen) atoms. The third kappa shape index (κ3) is 13.6. The van der Waals surface area contributed by atoms with Crippen LogP contribution in [0, 0.1) is 0 Å². The lowest BCUT2D eigenvalue weighted by Crippen LogP contribution is -2.15. The number of aryl methyl sites for hydroxylation is 1. The smallest absolute Gasteiger partial charge is 0.397 e. The highest BCUT2D eigenvalue weighted by atomic mass is 35.5. The molecule has 0 saturated heterocycles. The van der Waals surface area contributed by atoms with E-state index in [0.717, 1.165) is 11.6 Å². The van der Waals surface area contributed by atoms with Gasteiger partial charge in [0.25, 0.3) is 10.1 Å². The van der Waals surface area contributed by atoms with E-state index in [0.29, 0.717) is 29.9 Å². The van der Waals surface area contributed by atoms with Gasteiger partial charge in [0.05, 0.1) is 46.3 Å². The number of hydrogen-bond acceptors (Lipinski definition) is 21. The number of nitrogens with one attached hydrogen (secondary N) is 2. The van der Waals surface area contributed by atoms with Gasteiger partial charge in [-0.2, -0.15) is 50.4 Å². The maximum Gasteiger partial charge on any atom is 0.397 e. The Labute approximate surface area is 374 Å². The number of rotatable bonds is 19. The number of aromatic nitrogens is 3. The van der Waals surface area contributed by atoms with Crippen LogP contribution in [0.4, 0.5) is 51.7 Å². The summed E-state index contributed by atoms with van der Waals surface area (Å²) in [5.41, 5.74) is 7.71. The molecular weight excluding hydrogens is 960 g/mol. The van der Waals surface area contributed by atoms with Gasteiger partial charge in [-0.3, -0.25) is 13.7 Å². The topological polar surface area (TPSA) is 374 Å². The molecule has 1 heterocycles. The number of anilines is 5. The van der Waals surface area contributed by atoms with Crippen LogP contribution in [-0.4, -0.2) is 86.4 Å². The van der Waals surface area contributed by atoms with E-state index >= 15 is 0 Å². The van der Waals surface area contributed by atoms with Crippen LogP contribution >= 0.6 is 11.6 Å². The molecule has 0 saturated carbocycles. The van der Waals surface area contributed by atoms with E-state index < -0.39 is 69.4 Å². The van der Waals surface area contributed by atoms with Gasteiger partial charge in [-0.25, -0.2) is 16.8 Å². The van der Waals surface area contributed by atoms with Gasteiger partial charge < -0.3 is 21.5 Å². The molecule has 0 fully saturated rings. The summed E-state index contributed by atoms with van der Waals surface area (Å²) in [6, 6.07) is 21.8. The van der Waals surface area contributed by atoms with Crippen LogP contribution in [0.15, 0.2) is 121 Å². The Morgan fingerprint density at radius 1 is 0.677 bits per heavy atom. The molecule has 0 bridgehead atoms. The zero-order valence-corrected chi connectivity index (χ0v) is 36.8. The van der Waals surface area contributed by atoms with Crippen molar-refractivity contribution in [1.29, 1.82) is 0 Å². The molecule has 6 rings (SSSR count). The van der Waals surface area contributed by atoms with E-state index in [-0.39, 0.29) is 56.5 Å². The number of aromatic hydroxyl groups is 1. The van der Waals surface area contributed by atoms with E-state index in [2.05, 4.69) is 54.4 Å². The maximum atomic E-state index is 12.5. The lowest BCUT2D eigenvalue weighted by molar-refractivity contribution is 0.265. The quantitative estimate of drug-likeness (QED) is 0.0188. The van der Waals surface area contributed by atoms with E-state index in [1.54, 1.807) is 36.4 Å². The average Bonchev–Trinajstić information content (AvgIpc) is 3.21. The molecule has 0 amide bonds. The highest BCUT2D eigenvalue weighted by molar-refractivity contribution is 7.91. The van der Waals surface area contributed by atoms with Crippen molar-refractivity contribution in [2.24, 2.45) is 20.5 Å². The molecule has 0 aliphatic carbocycles. The van der Waals surface area contributed by atoms with E-state index in [1.807, 2.05) is 0 Å². The summed E-state index contributed by atoms with van der Waals surface area (Å²) in [6.07, 6.45) is 0.758. The first-order chi connectivity index (χ1) is 30.5. The van der Waals surface area contributed by atoms with Crippen LogP contribution in [0.25, 0.3) is 10.8 Å². The molecule has 0 atom stereocenters. The van der Waals surface area contributed by atoms with Gasteiger partial charge in [0.1, 0.15) is 16.3 Å². The fourth-order valence-corrected chi connectivity index (χ4v) is 8.34. The Morgan fingerprint density at radius 3 is 1.95 bits per heavy atom. The molecule has 29 heteroatoms. The Hall–Kier alpha value is -6.34. The largest absolute Gasteiger partial charge is 0.505 e. The van der Waals surface area contributed by atoms with E-state index in [4.69, 9.17) is 26.4 Å². The first-order valence-electron chi connectivity index (χ1n) is 18.1. The lowest BCUT2D eigenvalue weighted by Gasteiger charge is -2.12. The van der Waals surface area contributed by atoms with Gasteiger partial charge in [-0.1, -0.05) is 24.3 Å². The number of phenols is 1. The summed E-state index contributed by atoms with van der Waals surface area (Å²) < 4.78 is 129. The molecule has 0 aliphatic rings. The molecular formula is C36H33ClN10O14S4. The highest BCUT2D eigenvalue weighted by Crippen LogP contribution is 2.46. The second-order valence-electron chi connectivity index (χ2n) is 13.2. The number of azo groups is 2. The Balaban J connectivity index is 1.18. The molecule has 0 spiro atoms. The molecule has 1 aromatic heterocycles. The Morgan fingerprint density at radius 2 is 1.31 bits per heavy atom. The molecule has 8 N–H and O–H groups in total. The minimum atomic E-state index is -4.99. The minimum absolute atomic E-state index is 0.0649. The number of nitrogen functional groups attached to an aromatic ring is 1. The van der Waals surface area contributed by atoms with E-state index in [9.17, 15) is 43.3 Å². The summed E-state index contributed by atoms with van der Waals surface area (Å²) in [4.78, 5) is 11.4. The van der Waals surface area contributed by atoms with Gasteiger partial charge in [0, 0.05) is 11.4 Å². The molecule has 0 aliphatic heterocycles. The second kappa shape index (κ2) is 19.8. The number of nitrogens with zero attached hydrogens (tertiary/aromatic N) is 7. The summed E-state index contributed by atoms with van der Waals surface area (Å²) >= 11 is 6.14. The second-order valence-corrected chi connectivity index (χ2v) is 19.2. The predicted octanol–water partition coefficient (Wildman–Crippen LogP) is 6.88. The van der Waals surface area contributed by atoms with Crippen LogP contribution in [0.2, 0.25) is 5.28 Å². The van der Waals surface area contributed by atoms with Crippen LogP contribution in [0.3, 0.4) is 0 Å². The predicted molar refractivity (Wildman–Crippen MR) is 234 cm³/mol. The molecule has 24 nitrogen and oxygen atoms in total. The zero-order valence-electron chi connectivity index (χ0n) is 32.8. The molecule has 5 aromatic carbocycles. The molecule has 0 radical (unpaired) electrons. The number of phenolic OH excluding ortho intramolecular Hbond substituents is 1. The highest BCUT2D eigenvalue weighted by Gasteiger charge is 2.24. The SMILES string of the molecule is Nc1c(N=Nc2ccc(CCCOS(=O)(=O)O)cc2)ccc2cc(S(=O)(=O)O)c(N=Nc3cccc(Nc4nc(Cl)nc(Nc5ccc(S(=O)(=O)CCOS(=O)(=O)O)cc5)n4)c3)c(O)c12. The Kier molecular flexibility index (Phi) is 14.7. The monoisotopic (exact) mass is 992 g/mol. The van der Waals surface area contributed by atoms with Gasteiger partial charge in [0.15, 0.2) is 15.6 Å². The van der Waals surface area contributed by atoms with Crippen molar-refractivity contribution < 1.29 is 60.8 Å². The lowest BCUT2D eigenvalue weighted by atomic mass is 10.1. The van der Waals surface area contributed by atoms with Crippen LogP contribution < -0.4 is 16.4 Å². The molecule has 6 aromatic rings.